The van der Waals surface area contributed by atoms with Crippen LogP contribution in [0.25, 0.3) is 0 Å². The molecule has 1 atom stereocenters. The highest BCUT2D eigenvalue weighted by molar-refractivity contribution is 5.81. The first-order valence-electron chi connectivity index (χ1n) is 4.25. The van der Waals surface area contributed by atoms with Crippen LogP contribution < -0.4 is 5.73 Å². The van der Waals surface area contributed by atoms with Crippen molar-refractivity contribution in [1.82, 2.24) is 0 Å². The van der Waals surface area contributed by atoms with Gasteiger partial charge in [-0.2, -0.15) is 0 Å². The van der Waals surface area contributed by atoms with Crippen molar-refractivity contribution in [2.45, 2.75) is 26.4 Å². The molecule has 0 saturated heterocycles. The fourth-order valence-electron chi connectivity index (χ4n) is 0.821. The second kappa shape index (κ2) is 7.06. The standard InChI is InChI=1S/C8H18N2O2/c1-3-7(8(9)10)12-6-5-11-4-2/h7H,3-6H2,1-2H3,(H3,9,10). The third-order valence-corrected chi connectivity index (χ3v) is 1.47. The molecule has 0 rings (SSSR count). The van der Waals surface area contributed by atoms with Crippen LogP contribution in [0.15, 0.2) is 0 Å². The normalized spacial score (nSPS) is 12.8. The number of hydrogen-bond acceptors (Lipinski definition) is 3. The first-order valence-corrected chi connectivity index (χ1v) is 4.25. The van der Waals surface area contributed by atoms with E-state index in [1.54, 1.807) is 0 Å². The molecule has 12 heavy (non-hydrogen) atoms. The molecule has 0 aromatic rings. The van der Waals surface area contributed by atoms with E-state index in [0.717, 1.165) is 6.42 Å². The molecule has 0 bridgehead atoms. The quantitative estimate of drug-likeness (QED) is 0.340. The maximum absolute atomic E-state index is 7.14. The Morgan fingerprint density at radius 2 is 2.08 bits per heavy atom. The molecule has 0 heterocycles. The van der Waals surface area contributed by atoms with Gasteiger partial charge in [0.05, 0.1) is 13.2 Å². The third kappa shape index (κ3) is 5.09. The first kappa shape index (κ1) is 11.4. The van der Waals surface area contributed by atoms with Gasteiger partial charge in [-0.3, -0.25) is 5.41 Å². The molecule has 1 unspecified atom stereocenters. The molecule has 72 valence electrons. The fraction of sp³-hybridized carbons (Fsp3) is 0.875. The van der Waals surface area contributed by atoms with Crippen LogP contribution in [0.1, 0.15) is 20.3 Å². The number of rotatable bonds is 7. The Kier molecular flexibility index (Phi) is 6.70. The highest BCUT2D eigenvalue weighted by Crippen LogP contribution is 1.96. The van der Waals surface area contributed by atoms with Crippen LogP contribution in [0, 0.1) is 5.41 Å². The van der Waals surface area contributed by atoms with E-state index in [9.17, 15) is 0 Å². The summed E-state index contributed by atoms with van der Waals surface area (Å²) in [7, 11) is 0. The number of nitrogens with two attached hydrogens (primary N) is 1. The van der Waals surface area contributed by atoms with Gasteiger partial charge in [0.2, 0.25) is 0 Å². The second-order valence-corrected chi connectivity index (χ2v) is 2.42. The Morgan fingerprint density at radius 3 is 2.50 bits per heavy atom. The minimum atomic E-state index is -0.245. The van der Waals surface area contributed by atoms with E-state index in [1.165, 1.54) is 0 Å². The van der Waals surface area contributed by atoms with Crippen molar-refractivity contribution >= 4 is 5.84 Å². The largest absolute Gasteiger partial charge is 0.385 e. The van der Waals surface area contributed by atoms with Gasteiger partial charge in [-0.1, -0.05) is 6.92 Å². The van der Waals surface area contributed by atoms with Crippen molar-refractivity contribution in [2.24, 2.45) is 5.73 Å². The van der Waals surface area contributed by atoms with Crippen LogP contribution >= 0.6 is 0 Å². The van der Waals surface area contributed by atoms with Crippen molar-refractivity contribution in [2.75, 3.05) is 19.8 Å². The highest BCUT2D eigenvalue weighted by Gasteiger charge is 2.08. The van der Waals surface area contributed by atoms with Crippen LogP contribution in [0.3, 0.4) is 0 Å². The van der Waals surface area contributed by atoms with Crippen LogP contribution in [0.5, 0.6) is 0 Å². The SMILES string of the molecule is CCOCCOC(CC)C(=N)N. The Morgan fingerprint density at radius 1 is 1.42 bits per heavy atom. The minimum Gasteiger partial charge on any atom is -0.385 e. The van der Waals surface area contributed by atoms with E-state index in [1.807, 2.05) is 13.8 Å². The van der Waals surface area contributed by atoms with Crippen molar-refractivity contribution in [1.29, 1.82) is 5.41 Å². The highest BCUT2D eigenvalue weighted by atomic mass is 16.5. The Balaban J connectivity index is 3.38. The van der Waals surface area contributed by atoms with Crippen LogP contribution in [-0.2, 0) is 9.47 Å². The molecule has 0 radical (unpaired) electrons. The van der Waals surface area contributed by atoms with Gasteiger partial charge in [0.1, 0.15) is 11.9 Å². The van der Waals surface area contributed by atoms with E-state index in [4.69, 9.17) is 20.6 Å². The number of nitrogens with one attached hydrogen (secondary N) is 1. The molecule has 0 aliphatic rings. The summed E-state index contributed by atoms with van der Waals surface area (Å²) in [5.74, 6) is 0.0917. The summed E-state index contributed by atoms with van der Waals surface area (Å²) in [5, 5.41) is 7.14. The Hall–Kier alpha value is -0.610. The monoisotopic (exact) mass is 174 g/mol. The summed E-state index contributed by atoms with van der Waals surface area (Å²) in [6.45, 7) is 5.64. The summed E-state index contributed by atoms with van der Waals surface area (Å²) in [5.41, 5.74) is 5.28. The lowest BCUT2D eigenvalue weighted by atomic mass is 10.2. The van der Waals surface area contributed by atoms with Crippen molar-refractivity contribution < 1.29 is 9.47 Å². The second-order valence-electron chi connectivity index (χ2n) is 2.42. The van der Waals surface area contributed by atoms with E-state index in [2.05, 4.69) is 0 Å². The van der Waals surface area contributed by atoms with Crippen LogP contribution in [0.2, 0.25) is 0 Å². The van der Waals surface area contributed by atoms with Gasteiger partial charge < -0.3 is 15.2 Å². The number of hydrogen-bond donors (Lipinski definition) is 2. The molecular weight excluding hydrogens is 156 g/mol. The predicted octanol–water partition coefficient (Wildman–Crippen LogP) is 0.754. The van der Waals surface area contributed by atoms with Gasteiger partial charge in [0.15, 0.2) is 0 Å². The number of amidine groups is 1. The molecule has 0 aliphatic carbocycles. The lowest BCUT2D eigenvalue weighted by Crippen LogP contribution is -2.30. The van der Waals surface area contributed by atoms with Crippen molar-refractivity contribution in [3.63, 3.8) is 0 Å². The molecule has 0 aromatic heterocycles. The average Bonchev–Trinajstić information content (AvgIpc) is 2.04. The van der Waals surface area contributed by atoms with Crippen molar-refractivity contribution in [3.05, 3.63) is 0 Å². The zero-order chi connectivity index (χ0) is 9.40. The van der Waals surface area contributed by atoms with Gasteiger partial charge in [-0.25, -0.2) is 0 Å². The Bertz CT molecular complexity index is 128. The molecule has 0 amide bonds. The molecule has 3 N–H and O–H groups in total. The zero-order valence-electron chi connectivity index (χ0n) is 7.80. The smallest absolute Gasteiger partial charge is 0.120 e. The summed E-state index contributed by atoms with van der Waals surface area (Å²) < 4.78 is 10.4. The Labute approximate surface area is 73.5 Å². The molecule has 0 saturated carbocycles. The van der Waals surface area contributed by atoms with Gasteiger partial charge in [-0.05, 0) is 13.3 Å². The topological polar surface area (TPSA) is 68.3 Å². The lowest BCUT2D eigenvalue weighted by molar-refractivity contribution is 0.0322. The molecule has 0 aromatic carbocycles. The van der Waals surface area contributed by atoms with Gasteiger partial charge in [0.25, 0.3) is 0 Å². The maximum Gasteiger partial charge on any atom is 0.120 e. The summed E-state index contributed by atoms with van der Waals surface area (Å²) in [6, 6.07) is 0. The molecular formula is C8H18N2O2. The maximum atomic E-state index is 7.14. The van der Waals surface area contributed by atoms with Crippen LogP contribution in [-0.4, -0.2) is 31.8 Å². The van der Waals surface area contributed by atoms with E-state index < -0.39 is 0 Å². The molecule has 4 heteroatoms. The zero-order valence-corrected chi connectivity index (χ0v) is 7.80. The number of ether oxygens (including phenoxy) is 2. The van der Waals surface area contributed by atoms with Crippen molar-refractivity contribution in [3.8, 4) is 0 Å². The van der Waals surface area contributed by atoms with E-state index in [-0.39, 0.29) is 11.9 Å². The van der Waals surface area contributed by atoms with E-state index in [0.29, 0.717) is 19.8 Å². The summed E-state index contributed by atoms with van der Waals surface area (Å²) >= 11 is 0. The fourth-order valence-corrected chi connectivity index (χ4v) is 0.821. The van der Waals surface area contributed by atoms with Gasteiger partial charge >= 0.3 is 0 Å². The first-order chi connectivity index (χ1) is 5.72. The summed E-state index contributed by atoms with van der Waals surface area (Å²) in [6.07, 6.45) is 0.493. The molecule has 4 nitrogen and oxygen atoms in total. The van der Waals surface area contributed by atoms with Crippen LogP contribution in [0.4, 0.5) is 0 Å². The minimum absolute atomic E-state index is 0.0917. The molecule has 0 spiro atoms. The average molecular weight is 174 g/mol. The van der Waals surface area contributed by atoms with E-state index >= 15 is 0 Å². The third-order valence-electron chi connectivity index (χ3n) is 1.47. The van der Waals surface area contributed by atoms with Gasteiger partial charge in [0, 0.05) is 6.61 Å². The molecule has 0 fully saturated rings. The lowest BCUT2D eigenvalue weighted by Gasteiger charge is -2.13. The van der Waals surface area contributed by atoms with Gasteiger partial charge in [-0.15, -0.1) is 0 Å². The molecule has 0 aliphatic heterocycles. The predicted molar refractivity (Wildman–Crippen MR) is 48.4 cm³/mol. The summed E-state index contributed by atoms with van der Waals surface area (Å²) in [4.78, 5) is 0.